The summed E-state index contributed by atoms with van der Waals surface area (Å²) in [5.74, 6) is -0.212. The van der Waals surface area contributed by atoms with Gasteiger partial charge in [0.05, 0.1) is 23.0 Å². The van der Waals surface area contributed by atoms with Gasteiger partial charge in [-0.3, -0.25) is 4.79 Å². The standard InChI is InChI=1S/C17H14N4O3/c1-11(22)20-10-21-9-15(17(23)24-21)12-2-4-13(5-3-12)16-14(8-18)6-7-19-16/h2-7,9,19H,10H2,1H3,(H,20,22). The van der Waals surface area contributed by atoms with E-state index in [1.54, 1.807) is 30.6 Å². The van der Waals surface area contributed by atoms with E-state index >= 15 is 0 Å². The molecule has 0 saturated heterocycles. The molecule has 0 aliphatic heterocycles. The van der Waals surface area contributed by atoms with Crippen molar-refractivity contribution in [1.82, 2.24) is 15.0 Å². The molecule has 0 bridgehead atoms. The second kappa shape index (κ2) is 6.30. The van der Waals surface area contributed by atoms with Crippen LogP contribution in [0.15, 0.2) is 52.0 Å². The normalized spacial score (nSPS) is 10.3. The fourth-order valence-corrected chi connectivity index (χ4v) is 2.36. The molecule has 0 unspecified atom stereocenters. The molecule has 2 N–H and O–H groups in total. The van der Waals surface area contributed by atoms with Gasteiger partial charge >= 0.3 is 5.63 Å². The zero-order valence-electron chi connectivity index (χ0n) is 12.9. The van der Waals surface area contributed by atoms with Crippen molar-refractivity contribution in [1.29, 1.82) is 5.26 Å². The van der Waals surface area contributed by atoms with Crippen molar-refractivity contribution in [2.45, 2.75) is 13.6 Å². The molecule has 24 heavy (non-hydrogen) atoms. The molecule has 1 amide bonds. The van der Waals surface area contributed by atoms with Crippen molar-refractivity contribution in [2.24, 2.45) is 0 Å². The van der Waals surface area contributed by atoms with Crippen molar-refractivity contribution in [3.05, 3.63) is 58.7 Å². The van der Waals surface area contributed by atoms with Gasteiger partial charge < -0.3 is 14.8 Å². The van der Waals surface area contributed by atoms with E-state index in [0.717, 1.165) is 11.3 Å². The van der Waals surface area contributed by atoms with Gasteiger partial charge in [0, 0.05) is 13.1 Å². The van der Waals surface area contributed by atoms with Gasteiger partial charge in [-0.15, -0.1) is 0 Å². The first-order valence-corrected chi connectivity index (χ1v) is 7.22. The maximum absolute atomic E-state index is 11.9. The molecule has 2 heterocycles. The Balaban J connectivity index is 1.88. The Morgan fingerprint density at radius 1 is 1.29 bits per heavy atom. The highest BCUT2D eigenvalue weighted by Crippen LogP contribution is 2.24. The summed E-state index contributed by atoms with van der Waals surface area (Å²) in [5.41, 5.74) is 2.76. The van der Waals surface area contributed by atoms with Gasteiger partial charge in [-0.05, 0) is 17.2 Å². The third-order valence-corrected chi connectivity index (χ3v) is 3.53. The predicted molar refractivity (Wildman–Crippen MR) is 86.7 cm³/mol. The van der Waals surface area contributed by atoms with Gasteiger partial charge in [-0.1, -0.05) is 24.3 Å². The van der Waals surface area contributed by atoms with E-state index in [9.17, 15) is 9.59 Å². The second-order valence-corrected chi connectivity index (χ2v) is 5.19. The number of carbonyl (C=O) groups excluding carboxylic acids is 1. The number of nitriles is 1. The highest BCUT2D eigenvalue weighted by Gasteiger charge is 2.11. The van der Waals surface area contributed by atoms with Crippen LogP contribution in [0, 0.1) is 11.3 Å². The number of amides is 1. The van der Waals surface area contributed by atoms with Gasteiger partial charge in [-0.2, -0.15) is 10.0 Å². The van der Waals surface area contributed by atoms with Crippen molar-refractivity contribution in [3.63, 3.8) is 0 Å². The summed E-state index contributed by atoms with van der Waals surface area (Å²) in [6.07, 6.45) is 3.25. The molecule has 3 rings (SSSR count). The maximum atomic E-state index is 11.9. The van der Waals surface area contributed by atoms with Gasteiger partial charge in [0.25, 0.3) is 0 Å². The molecule has 0 radical (unpaired) electrons. The van der Waals surface area contributed by atoms with Crippen LogP contribution in [0.5, 0.6) is 0 Å². The molecule has 0 spiro atoms. The molecule has 0 atom stereocenters. The Morgan fingerprint density at radius 3 is 2.67 bits per heavy atom. The average molecular weight is 322 g/mol. The number of hydrogen-bond acceptors (Lipinski definition) is 4. The first-order chi connectivity index (χ1) is 11.6. The minimum atomic E-state index is -0.481. The molecule has 3 aromatic rings. The largest absolute Gasteiger partial charge is 0.365 e. The lowest BCUT2D eigenvalue weighted by Gasteiger charge is -2.02. The van der Waals surface area contributed by atoms with E-state index in [1.807, 2.05) is 12.1 Å². The highest BCUT2D eigenvalue weighted by molar-refractivity contribution is 5.72. The maximum Gasteiger partial charge on any atom is 0.365 e. The second-order valence-electron chi connectivity index (χ2n) is 5.19. The lowest BCUT2D eigenvalue weighted by Crippen LogP contribution is -2.22. The topological polar surface area (TPSA) is 104 Å². The highest BCUT2D eigenvalue weighted by atomic mass is 16.5. The van der Waals surface area contributed by atoms with Crippen LogP contribution < -0.4 is 10.9 Å². The third kappa shape index (κ3) is 2.98. The van der Waals surface area contributed by atoms with Crippen LogP contribution in [0.25, 0.3) is 22.4 Å². The molecule has 7 nitrogen and oxygen atoms in total. The van der Waals surface area contributed by atoms with Crippen LogP contribution in [0.4, 0.5) is 0 Å². The van der Waals surface area contributed by atoms with Gasteiger partial charge in [0.2, 0.25) is 5.91 Å². The number of nitrogens with zero attached hydrogens (tertiary/aromatic N) is 2. The number of hydrogen-bond donors (Lipinski definition) is 2. The van der Waals surface area contributed by atoms with Crippen LogP contribution in [0.3, 0.4) is 0 Å². The smallest absolute Gasteiger partial charge is 0.360 e. The molecule has 0 aliphatic rings. The molecule has 0 fully saturated rings. The lowest BCUT2D eigenvalue weighted by molar-refractivity contribution is -0.119. The van der Waals surface area contributed by atoms with E-state index < -0.39 is 5.63 Å². The Bertz CT molecular complexity index is 970. The number of carbonyl (C=O) groups is 1. The molecular weight excluding hydrogens is 308 g/mol. The molecule has 2 aromatic heterocycles. The first-order valence-electron chi connectivity index (χ1n) is 7.22. The Hall–Kier alpha value is -3.53. The third-order valence-electron chi connectivity index (χ3n) is 3.53. The first kappa shape index (κ1) is 15.4. The molecule has 0 aliphatic carbocycles. The summed E-state index contributed by atoms with van der Waals surface area (Å²) in [6.45, 7) is 1.48. The predicted octanol–water partition coefficient (Wildman–Crippen LogP) is 2.07. The van der Waals surface area contributed by atoms with Crippen LogP contribution in [-0.4, -0.2) is 15.6 Å². The van der Waals surface area contributed by atoms with E-state index in [4.69, 9.17) is 9.78 Å². The average Bonchev–Trinajstić information content (AvgIpc) is 3.19. The molecule has 120 valence electrons. The SMILES string of the molecule is CC(=O)NCn1cc(-c2ccc(-c3[nH]ccc3C#N)cc2)c(=O)o1. The summed E-state index contributed by atoms with van der Waals surface area (Å²) in [6, 6.07) is 11.1. The minimum Gasteiger partial charge on any atom is -0.360 e. The summed E-state index contributed by atoms with van der Waals surface area (Å²) in [5, 5.41) is 11.6. The fourth-order valence-electron chi connectivity index (χ4n) is 2.36. The number of rotatable bonds is 4. The van der Waals surface area contributed by atoms with Crippen LogP contribution in [0.1, 0.15) is 12.5 Å². The van der Waals surface area contributed by atoms with Crippen LogP contribution in [0.2, 0.25) is 0 Å². The fraction of sp³-hybridized carbons (Fsp3) is 0.118. The molecule has 1 aromatic carbocycles. The van der Waals surface area contributed by atoms with E-state index in [-0.39, 0.29) is 12.6 Å². The van der Waals surface area contributed by atoms with Crippen LogP contribution in [-0.2, 0) is 11.5 Å². The van der Waals surface area contributed by atoms with E-state index in [2.05, 4.69) is 16.4 Å². The Kier molecular flexibility index (Phi) is 4.03. The number of H-pyrrole nitrogens is 1. The number of benzene rings is 1. The van der Waals surface area contributed by atoms with Crippen molar-refractivity contribution < 1.29 is 9.32 Å². The van der Waals surface area contributed by atoms with Gasteiger partial charge in [0.15, 0.2) is 0 Å². The zero-order chi connectivity index (χ0) is 17.1. The van der Waals surface area contributed by atoms with E-state index in [0.29, 0.717) is 16.7 Å². The van der Waals surface area contributed by atoms with Crippen molar-refractivity contribution >= 4 is 5.91 Å². The van der Waals surface area contributed by atoms with E-state index in [1.165, 1.54) is 11.7 Å². The minimum absolute atomic E-state index is 0.0939. The van der Waals surface area contributed by atoms with Gasteiger partial charge in [0.1, 0.15) is 12.7 Å². The number of nitrogens with one attached hydrogen (secondary N) is 2. The lowest BCUT2D eigenvalue weighted by atomic mass is 10.0. The molecule has 7 heteroatoms. The Morgan fingerprint density at radius 2 is 2.00 bits per heavy atom. The molecular formula is C17H14N4O3. The monoisotopic (exact) mass is 322 g/mol. The Labute approximate surface area is 137 Å². The van der Waals surface area contributed by atoms with Crippen molar-refractivity contribution in [3.8, 4) is 28.5 Å². The van der Waals surface area contributed by atoms with Crippen LogP contribution >= 0.6 is 0 Å². The summed E-state index contributed by atoms with van der Waals surface area (Å²) in [4.78, 5) is 25.9. The summed E-state index contributed by atoms with van der Waals surface area (Å²) >= 11 is 0. The summed E-state index contributed by atoms with van der Waals surface area (Å²) in [7, 11) is 0. The van der Waals surface area contributed by atoms with Crippen molar-refractivity contribution in [2.75, 3.05) is 0 Å². The zero-order valence-corrected chi connectivity index (χ0v) is 12.9. The summed E-state index contributed by atoms with van der Waals surface area (Å²) < 4.78 is 6.33. The number of aromatic amines is 1. The number of aromatic nitrogens is 2. The van der Waals surface area contributed by atoms with Gasteiger partial charge in [-0.25, -0.2) is 4.79 Å². The molecule has 0 saturated carbocycles. The quantitative estimate of drug-likeness (QED) is 0.767.